The zero-order valence-electron chi connectivity index (χ0n) is 13.9. The molecule has 0 radical (unpaired) electrons. The largest absolute Gasteiger partial charge is 0.332 e. The number of hydrogen-bond acceptors (Lipinski definition) is 6. The van der Waals surface area contributed by atoms with E-state index in [9.17, 15) is 4.79 Å². The van der Waals surface area contributed by atoms with Gasteiger partial charge in [0.2, 0.25) is 11.3 Å². The van der Waals surface area contributed by atoms with E-state index < -0.39 is 0 Å². The van der Waals surface area contributed by atoms with E-state index >= 15 is 0 Å². The third kappa shape index (κ3) is 3.16. The van der Waals surface area contributed by atoms with Crippen molar-refractivity contribution in [1.82, 2.24) is 19.9 Å². The lowest BCUT2D eigenvalue weighted by Gasteiger charge is -2.04. The molecule has 0 bridgehead atoms. The lowest BCUT2D eigenvalue weighted by molar-refractivity contribution is 0.429. The van der Waals surface area contributed by atoms with Crippen molar-refractivity contribution in [3.05, 3.63) is 77.1 Å². The number of hydrogen-bond donors (Lipinski definition) is 0. The van der Waals surface area contributed by atoms with Crippen molar-refractivity contribution in [1.29, 1.82) is 0 Å². The Labute approximate surface area is 153 Å². The molecule has 0 atom stereocenters. The molecule has 0 aliphatic carbocycles. The van der Waals surface area contributed by atoms with E-state index in [0.717, 1.165) is 16.1 Å². The summed E-state index contributed by atoms with van der Waals surface area (Å²) in [5, 5.41) is 8.33. The van der Waals surface area contributed by atoms with E-state index in [1.165, 1.54) is 6.07 Å². The molecular weight excluding hydrogens is 348 g/mol. The quantitative estimate of drug-likeness (QED) is 0.516. The molecule has 26 heavy (non-hydrogen) atoms. The second-order valence-electron chi connectivity index (χ2n) is 5.46. The van der Waals surface area contributed by atoms with Crippen molar-refractivity contribution >= 4 is 11.8 Å². The molecule has 2 aromatic carbocycles. The number of thioether (sulfide) groups is 1. The highest BCUT2D eigenvalue weighted by Crippen LogP contribution is 2.22. The van der Waals surface area contributed by atoms with Crippen LogP contribution in [-0.4, -0.2) is 26.2 Å². The maximum atomic E-state index is 12.2. The second kappa shape index (κ2) is 6.97. The van der Waals surface area contributed by atoms with Gasteiger partial charge < -0.3 is 4.52 Å². The number of benzene rings is 2. The van der Waals surface area contributed by atoms with Gasteiger partial charge in [0.05, 0.1) is 5.69 Å². The SMILES string of the molecule is CSc1ccc(-c2noc(-c3nn(-c4ccccc4)ccc3=O)n2)cc1. The van der Waals surface area contributed by atoms with Crippen molar-refractivity contribution in [2.45, 2.75) is 4.90 Å². The molecule has 0 fully saturated rings. The molecule has 2 aromatic heterocycles. The first kappa shape index (κ1) is 16.3. The molecule has 7 heteroatoms. The van der Waals surface area contributed by atoms with E-state index in [1.54, 1.807) is 22.6 Å². The van der Waals surface area contributed by atoms with Crippen LogP contribution in [0, 0.1) is 0 Å². The normalized spacial score (nSPS) is 10.8. The highest BCUT2D eigenvalue weighted by molar-refractivity contribution is 7.98. The maximum Gasteiger partial charge on any atom is 0.282 e. The first-order valence-electron chi connectivity index (χ1n) is 7.88. The van der Waals surface area contributed by atoms with Gasteiger partial charge in [0.25, 0.3) is 5.89 Å². The Morgan fingerprint density at radius 2 is 1.77 bits per heavy atom. The summed E-state index contributed by atoms with van der Waals surface area (Å²) in [6.07, 6.45) is 3.62. The van der Waals surface area contributed by atoms with Gasteiger partial charge in [0.1, 0.15) is 0 Å². The summed E-state index contributed by atoms with van der Waals surface area (Å²) in [7, 11) is 0. The molecule has 2 heterocycles. The number of rotatable bonds is 4. The fourth-order valence-corrected chi connectivity index (χ4v) is 2.87. The summed E-state index contributed by atoms with van der Waals surface area (Å²) in [6, 6.07) is 18.8. The van der Waals surface area contributed by atoms with Crippen molar-refractivity contribution in [2.75, 3.05) is 6.26 Å². The van der Waals surface area contributed by atoms with Crippen molar-refractivity contribution in [3.63, 3.8) is 0 Å². The average Bonchev–Trinajstić information content (AvgIpc) is 3.19. The standard InChI is InChI=1S/C19H14N4O2S/c1-26-15-9-7-13(8-10-15)18-20-19(25-22-18)17-16(24)11-12-23(21-17)14-5-3-2-4-6-14/h2-12H,1H3. The molecule has 6 nitrogen and oxygen atoms in total. The van der Waals surface area contributed by atoms with Crippen LogP contribution in [0.2, 0.25) is 0 Å². The minimum absolute atomic E-state index is 0.101. The Hall–Kier alpha value is -3.19. The monoisotopic (exact) mass is 362 g/mol. The zero-order valence-corrected chi connectivity index (χ0v) is 14.7. The zero-order chi connectivity index (χ0) is 17.9. The Morgan fingerprint density at radius 3 is 2.50 bits per heavy atom. The van der Waals surface area contributed by atoms with Crippen LogP contribution in [0.4, 0.5) is 0 Å². The fourth-order valence-electron chi connectivity index (χ4n) is 2.46. The van der Waals surface area contributed by atoms with E-state index in [2.05, 4.69) is 15.2 Å². The van der Waals surface area contributed by atoms with Crippen LogP contribution in [0.3, 0.4) is 0 Å². The van der Waals surface area contributed by atoms with Crippen LogP contribution >= 0.6 is 11.8 Å². The van der Waals surface area contributed by atoms with Crippen molar-refractivity contribution in [2.24, 2.45) is 0 Å². The number of aromatic nitrogens is 4. The molecule has 4 rings (SSSR count). The van der Waals surface area contributed by atoms with Crippen LogP contribution in [-0.2, 0) is 0 Å². The molecule has 0 saturated carbocycles. The Morgan fingerprint density at radius 1 is 1.00 bits per heavy atom. The molecule has 128 valence electrons. The van der Waals surface area contributed by atoms with Crippen LogP contribution in [0.1, 0.15) is 0 Å². The second-order valence-corrected chi connectivity index (χ2v) is 6.34. The molecular formula is C19H14N4O2S. The lowest BCUT2D eigenvalue weighted by Crippen LogP contribution is -2.12. The first-order chi connectivity index (χ1) is 12.7. The molecule has 0 saturated heterocycles. The Balaban J connectivity index is 1.72. The summed E-state index contributed by atoms with van der Waals surface area (Å²) < 4.78 is 6.90. The van der Waals surface area contributed by atoms with Crippen LogP contribution in [0.15, 0.2) is 81.1 Å². The Bertz CT molecular complexity index is 1090. The smallest absolute Gasteiger partial charge is 0.282 e. The molecule has 0 unspecified atom stereocenters. The van der Waals surface area contributed by atoms with Gasteiger partial charge in [0, 0.05) is 22.7 Å². The van der Waals surface area contributed by atoms with Crippen molar-refractivity contribution in [3.8, 4) is 28.7 Å². The summed E-state index contributed by atoms with van der Waals surface area (Å²) >= 11 is 1.66. The summed E-state index contributed by atoms with van der Waals surface area (Å²) in [4.78, 5) is 17.7. The number of para-hydroxylation sites is 1. The average molecular weight is 362 g/mol. The fraction of sp³-hybridized carbons (Fsp3) is 0.0526. The third-order valence-electron chi connectivity index (χ3n) is 3.81. The van der Waals surface area contributed by atoms with Gasteiger partial charge in [0.15, 0.2) is 5.69 Å². The minimum atomic E-state index is -0.273. The van der Waals surface area contributed by atoms with Gasteiger partial charge in [-0.15, -0.1) is 11.8 Å². The predicted octanol–water partition coefficient (Wildman–Crippen LogP) is 3.67. The molecule has 0 amide bonds. The maximum absolute atomic E-state index is 12.2. The van der Waals surface area contributed by atoms with E-state index in [-0.39, 0.29) is 17.0 Å². The van der Waals surface area contributed by atoms with Crippen LogP contribution in [0.5, 0.6) is 0 Å². The summed E-state index contributed by atoms with van der Waals surface area (Å²) in [5.74, 6) is 0.521. The van der Waals surface area contributed by atoms with Crippen molar-refractivity contribution < 1.29 is 4.52 Å². The summed E-state index contributed by atoms with van der Waals surface area (Å²) in [5.41, 5.74) is 1.50. The van der Waals surface area contributed by atoms with E-state index in [0.29, 0.717) is 5.82 Å². The molecule has 0 N–H and O–H groups in total. The third-order valence-corrected chi connectivity index (χ3v) is 4.55. The van der Waals surface area contributed by atoms with Gasteiger partial charge in [-0.1, -0.05) is 23.4 Å². The number of nitrogens with zero attached hydrogens (tertiary/aromatic N) is 4. The predicted molar refractivity (Wildman–Crippen MR) is 100 cm³/mol. The molecule has 0 spiro atoms. The van der Waals surface area contributed by atoms with Gasteiger partial charge in [-0.3, -0.25) is 4.79 Å². The first-order valence-corrected chi connectivity index (χ1v) is 9.11. The highest BCUT2D eigenvalue weighted by Gasteiger charge is 2.16. The van der Waals surface area contributed by atoms with Gasteiger partial charge in [-0.05, 0) is 42.7 Å². The topological polar surface area (TPSA) is 73.8 Å². The van der Waals surface area contributed by atoms with Crippen LogP contribution in [0.25, 0.3) is 28.7 Å². The van der Waals surface area contributed by atoms with E-state index in [1.807, 2.05) is 60.9 Å². The van der Waals surface area contributed by atoms with E-state index in [4.69, 9.17) is 4.52 Å². The molecule has 0 aliphatic rings. The summed E-state index contributed by atoms with van der Waals surface area (Å²) in [6.45, 7) is 0. The van der Waals surface area contributed by atoms with Gasteiger partial charge >= 0.3 is 0 Å². The molecule has 4 aromatic rings. The van der Waals surface area contributed by atoms with Gasteiger partial charge in [-0.25, -0.2) is 4.68 Å². The van der Waals surface area contributed by atoms with Gasteiger partial charge in [-0.2, -0.15) is 10.1 Å². The highest BCUT2D eigenvalue weighted by atomic mass is 32.2. The van der Waals surface area contributed by atoms with Crippen LogP contribution < -0.4 is 5.43 Å². The molecule has 0 aliphatic heterocycles. The minimum Gasteiger partial charge on any atom is -0.332 e. The lowest BCUT2D eigenvalue weighted by atomic mass is 10.2. The Kier molecular flexibility index (Phi) is 4.37.